The fourth-order valence-corrected chi connectivity index (χ4v) is 2.04. The van der Waals surface area contributed by atoms with E-state index >= 15 is 0 Å². The molecule has 1 N–H and O–H groups in total. The highest BCUT2D eigenvalue weighted by Crippen LogP contribution is 2.28. The number of carbonyl (C=O) groups is 1. The molecule has 0 spiro atoms. The second kappa shape index (κ2) is 5.08. The molecule has 0 saturated heterocycles. The smallest absolute Gasteiger partial charge is 0.311 e. The lowest BCUT2D eigenvalue weighted by Gasteiger charge is -2.25. The fourth-order valence-electron chi connectivity index (χ4n) is 2.04. The Kier molecular flexibility index (Phi) is 3.52. The number of ether oxygens (including phenoxy) is 2. The summed E-state index contributed by atoms with van der Waals surface area (Å²) in [7, 11) is 1.64. The van der Waals surface area contributed by atoms with Crippen LogP contribution < -0.4 is 10.1 Å². The van der Waals surface area contributed by atoms with Crippen molar-refractivity contribution in [3.05, 3.63) is 23.8 Å². The summed E-state index contributed by atoms with van der Waals surface area (Å²) in [5, 5.41) is 3.25. The molecule has 1 atom stereocenters. The van der Waals surface area contributed by atoms with Crippen molar-refractivity contribution in [3.8, 4) is 5.75 Å². The summed E-state index contributed by atoms with van der Waals surface area (Å²) in [6.07, 6.45) is 0.707. The minimum absolute atomic E-state index is 0.102. The van der Waals surface area contributed by atoms with Gasteiger partial charge in [0, 0.05) is 12.2 Å². The number of fused-ring (bicyclic) bond motifs is 1. The van der Waals surface area contributed by atoms with Crippen LogP contribution in [0.2, 0.25) is 0 Å². The van der Waals surface area contributed by atoms with Gasteiger partial charge >= 0.3 is 5.97 Å². The zero-order chi connectivity index (χ0) is 12.3. The molecule has 1 aliphatic heterocycles. The first-order valence-corrected chi connectivity index (χ1v) is 5.82. The molecular formula is C13H17NO3. The number of hydrogen-bond donors (Lipinski definition) is 1. The van der Waals surface area contributed by atoms with Crippen LogP contribution in [-0.2, 0) is 16.0 Å². The van der Waals surface area contributed by atoms with Crippen LogP contribution in [0.1, 0.15) is 12.5 Å². The van der Waals surface area contributed by atoms with E-state index in [0.717, 1.165) is 17.0 Å². The number of esters is 1. The lowest BCUT2D eigenvalue weighted by Crippen LogP contribution is -2.31. The molecule has 17 heavy (non-hydrogen) atoms. The predicted octanol–water partition coefficient (Wildman–Crippen LogP) is 1.84. The molecule has 1 aromatic carbocycles. The van der Waals surface area contributed by atoms with E-state index in [9.17, 15) is 4.79 Å². The van der Waals surface area contributed by atoms with Crippen LogP contribution >= 0.6 is 0 Å². The SMILES string of the molecule is CCOC(=O)[C@@H]1CNc2ccc(OC)cc2C1. The van der Waals surface area contributed by atoms with Gasteiger partial charge in [0.05, 0.1) is 19.6 Å². The zero-order valence-corrected chi connectivity index (χ0v) is 10.2. The molecule has 4 nitrogen and oxygen atoms in total. The highest BCUT2D eigenvalue weighted by atomic mass is 16.5. The first kappa shape index (κ1) is 11.8. The van der Waals surface area contributed by atoms with Gasteiger partial charge in [-0.3, -0.25) is 4.79 Å². The van der Waals surface area contributed by atoms with Gasteiger partial charge in [0.2, 0.25) is 0 Å². The van der Waals surface area contributed by atoms with Gasteiger partial charge in [-0.05, 0) is 37.1 Å². The van der Waals surface area contributed by atoms with E-state index in [4.69, 9.17) is 9.47 Å². The van der Waals surface area contributed by atoms with Crippen LogP contribution in [0.3, 0.4) is 0 Å². The second-order valence-corrected chi connectivity index (χ2v) is 4.06. The lowest BCUT2D eigenvalue weighted by molar-refractivity contribution is -0.147. The van der Waals surface area contributed by atoms with Crippen molar-refractivity contribution in [3.63, 3.8) is 0 Å². The molecule has 0 radical (unpaired) electrons. The van der Waals surface area contributed by atoms with Gasteiger partial charge in [-0.25, -0.2) is 0 Å². The highest BCUT2D eigenvalue weighted by Gasteiger charge is 2.25. The molecular weight excluding hydrogens is 218 g/mol. The van der Waals surface area contributed by atoms with E-state index in [1.165, 1.54) is 0 Å². The first-order chi connectivity index (χ1) is 8.24. The number of benzene rings is 1. The van der Waals surface area contributed by atoms with Crippen molar-refractivity contribution in [2.45, 2.75) is 13.3 Å². The van der Waals surface area contributed by atoms with Crippen molar-refractivity contribution in [1.29, 1.82) is 0 Å². The number of rotatable bonds is 3. The van der Waals surface area contributed by atoms with Crippen molar-refractivity contribution in [2.24, 2.45) is 5.92 Å². The summed E-state index contributed by atoms with van der Waals surface area (Å²) in [4.78, 5) is 11.7. The van der Waals surface area contributed by atoms with Crippen LogP contribution in [0.15, 0.2) is 18.2 Å². The monoisotopic (exact) mass is 235 g/mol. The molecule has 1 heterocycles. The quantitative estimate of drug-likeness (QED) is 0.812. The Morgan fingerprint density at radius 2 is 2.35 bits per heavy atom. The maximum Gasteiger partial charge on any atom is 0.311 e. The van der Waals surface area contributed by atoms with Gasteiger partial charge in [0.1, 0.15) is 5.75 Å². The molecule has 0 unspecified atom stereocenters. The molecule has 0 bridgehead atoms. The van der Waals surface area contributed by atoms with Crippen LogP contribution in [0.5, 0.6) is 5.75 Å². The Morgan fingerprint density at radius 3 is 3.06 bits per heavy atom. The molecule has 0 aliphatic carbocycles. The molecule has 0 fully saturated rings. The Balaban J connectivity index is 2.14. The van der Waals surface area contributed by atoms with Crippen LogP contribution in [0.25, 0.3) is 0 Å². The van der Waals surface area contributed by atoms with Crippen LogP contribution in [-0.4, -0.2) is 26.2 Å². The summed E-state index contributed by atoms with van der Waals surface area (Å²) in [6.45, 7) is 2.89. The Hall–Kier alpha value is -1.71. The lowest BCUT2D eigenvalue weighted by atomic mass is 9.94. The summed E-state index contributed by atoms with van der Waals surface area (Å²) in [6, 6.07) is 5.86. The van der Waals surface area contributed by atoms with Crippen molar-refractivity contribution in [1.82, 2.24) is 0 Å². The van der Waals surface area contributed by atoms with Gasteiger partial charge in [0.15, 0.2) is 0 Å². The zero-order valence-electron chi connectivity index (χ0n) is 10.2. The van der Waals surface area contributed by atoms with Crippen LogP contribution in [0.4, 0.5) is 5.69 Å². The minimum Gasteiger partial charge on any atom is -0.497 e. The largest absolute Gasteiger partial charge is 0.497 e. The van der Waals surface area contributed by atoms with E-state index < -0.39 is 0 Å². The minimum atomic E-state index is -0.131. The molecule has 1 aromatic rings. The van der Waals surface area contributed by atoms with E-state index in [1.807, 2.05) is 25.1 Å². The van der Waals surface area contributed by atoms with Crippen molar-refractivity contribution in [2.75, 3.05) is 25.6 Å². The number of methoxy groups -OCH3 is 1. The van der Waals surface area contributed by atoms with E-state index in [1.54, 1.807) is 7.11 Å². The average molecular weight is 235 g/mol. The van der Waals surface area contributed by atoms with Gasteiger partial charge in [-0.15, -0.1) is 0 Å². The number of nitrogens with one attached hydrogen (secondary N) is 1. The standard InChI is InChI=1S/C13H17NO3/c1-3-17-13(15)10-6-9-7-11(16-2)4-5-12(9)14-8-10/h4-5,7,10,14H,3,6,8H2,1-2H3/t10-/m0/s1. The van der Waals surface area contributed by atoms with E-state index in [2.05, 4.69) is 5.32 Å². The molecule has 4 heteroatoms. The second-order valence-electron chi connectivity index (χ2n) is 4.06. The maximum absolute atomic E-state index is 11.7. The van der Waals surface area contributed by atoms with Gasteiger partial charge in [0.25, 0.3) is 0 Å². The third kappa shape index (κ3) is 2.52. The molecule has 0 amide bonds. The third-order valence-electron chi connectivity index (χ3n) is 2.94. The number of carbonyl (C=O) groups excluding carboxylic acids is 1. The predicted molar refractivity (Wildman–Crippen MR) is 65.3 cm³/mol. The van der Waals surface area contributed by atoms with Crippen molar-refractivity contribution >= 4 is 11.7 Å². The molecule has 2 rings (SSSR count). The van der Waals surface area contributed by atoms with E-state index in [0.29, 0.717) is 19.6 Å². The average Bonchev–Trinajstić information content (AvgIpc) is 2.37. The highest BCUT2D eigenvalue weighted by molar-refractivity contribution is 5.75. The molecule has 0 aromatic heterocycles. The first-order valence-electron chi connectivity index (χ1n) is 5.82. The number of hydrogen-bond acceptors (Lipinski definition) is 4. The summed E-state index contributed by atoms with van der Waals surface area (Å²) in [5.41, 5.74) is 2.18. The Bertz CT molecular complexity index is 417. The van der Waals surface area contributed by atoms with Crippen LogP contribution in [0, 0.1) is 5.92 Å². The Morgan fingerprint density at radius 1 is 1.53 bits per heavy atom. The van der Waals surface area contributed by atoms with Gasteiger partial charge < -0.3 is 14.8 Å². The summed E-state index contributed by atoms with van der Waals surface area (Å²) in [5.74, 6) is 0.582. The Labute approximate surface area is 101 Å². The molecule has 1 aliphatic rings. The number of anilines is 1. The van der Waals surface area contributed by atoms with Crippen molar-refractivity contribution < 1.29 is 14.3 Å². The third-order valence-corrected chi connectivity index (χ3v) is 2.94. The van der Waals surface area contributed by atoms with Gasteiger partial charge in [-0.1, -0.05) is 0 Å². The maximum atomic E-state index is 11.7. The fraction of sp³-hybridized carbons (Fsp3) is 0.462. The summed E-state index contributed by atoms with van der Waals surface area (Å²) < 4.78 is 10.2. The molecule has 92 valence electrons. The summed E-state index contributed by atoms with van der Waals surface area (Å²) >= 11 is 0. The molecule has 0 saturated carbocycles. The topological polar surface area (TPSA) is 47.6 Å². The van der Waals surface area contributed by atoms with Gasteiger partial charge in [-0.2, -0.15) is 0 Å². The van der Waals surface area contributed by atoms with E-state index in [-0.39, 0.29) is 11.9 Å². The normalized spacial score (nSPS) is 17.9.